The standard InChI is InChI=1S/C19H18FN3O4S/c1-26-16-9-8-14(20)11-17(16)28(24,25)23-15-5-3-2-4-13(15)10-18-21-19(22-27-18)12-6-7-12/h2-5,8-9,11-12,23H,6-7,10H2,1H3. The van der Waals surface area contributed by atoms with Crippen molar-refractivity contribution in [2.45, 2.75) is 30.1 Å². The van der Waals surface area contributed by atoms with Gasteiger partial charge in [-0.15, -0.1) is 0 Å². The predicted octanol–water partition coefficient (Wildman–Crippen LogP) is 3.49. The third-order valence-electron chi connectivity index (χ3n) is 4.44. The number of hydrogen-bond acceptors (Lipinski definition) is 6. The maximum Gasteiger partial charge on any atom is 0.265 e. The Bertz CT molecular complexity index is 1110. The summed E-state index contributed by atoms with van der Waals surface area (Å²) in [5, 5.41) is 3.98. The SMILES string of the molecule is COc1ccc(F)cc1S(=O)(=O)Nc1ccccc1Cc1nc(C2CC2)no1. The average molecular weight is 403 g/mol. The molecule has 0 aliphatic heterocycles. The molecule has 1 aliphatic rings. The zero-order valence-electron chi connectivity index (χ0n) is 15.1. The Morgan fingerprint density at radius 2 is 2.04 bits per heavy atom. The second-order valence-electron chi connectivity index (χ2n) is 6.56. The van der Waals surface area contributed by atoms with Crippen LogP contribution in [0.4, 0.5) is 10.1 Å². The number of anilines is 1. The molecule has 1 aromatic heterocycles. The van der Waals surface area contributed by atoms with Gasteiger partial charge in [-0.2, -0.15) is 4.98 Å². The number of ether oxygens (including phenoxy) is 1. The van der Waals surface area contributed by atoms with E-state index in [1.807, 2.05) is 0 Å². The Morgan fingerprint density at radius 3 is 2.79 bits per heavy atom. The molecular weight excluding hydrogens is 385 g/mol. The lowest BCUT2D eigenvalue weighted by Crippen LogP contribution is -2.15. The molecule has 28 heavy (non-hydrogen) atoms. The molecule has 1 saturated carbocycles. The van der Waals surface area contributed by atoms with Gasteiger partial charge < -0.3 is 9.26 Å². The molecule has 0 saturated heterocycles. The number of nitrogens with zero attached hydrogens (tertiary/aromatic N) is 2. The predicted molar refractivity (Wildman–Crippen MR) is 99.3 cm³/mol. The maximum absolute atomic E-state index is 13.6. The van der Waals surface area contributed by atoms with Gasteiger partial charge in [-0.05, 0) is 42.7 Å². The van der Waals surface area contributed by atoms with E-state index < -0.39 is 15.8 Å². The van der Waals surface area contributed by atoms with Crippen molar-refractivity contribution in [2.24, 2.45) is 0 Å². The molecule has 0 unspecified atom stereocenters. The summed E-state index contributed by atoms with van der Waals surface area (Å²) in [4.78, 5) is 4.10. The van der Waals surface area contributed by atoms with Crippen LogP contribution in [0.1, 0.15) is 36.0 Å². The van der Waals surface area contributed by atoms with Gasteiger partial charge in [0.2, 0.25) is 5.89 Å². The number of aromatic nitrogens is 2. The first-order chi connectivity index (χ1) is 13.5. The van der Waals surface area contributed by atoms with Crippen molar-refractivity contribution in [3.63, 3.8) is 0 Å². The Balaban J connectivity index is 1.62. The van der Waals surface area contributed by atoms with Gasteiger partial charge in [-0.3, -0.25) is 4.72 Å². The second kappa shape index (κ2) is 7.23. The first kappa shape index (κ1) is 18.4. The quantitative estimate of drug-likeness (QED) is 0.649. The molecule has 2 aromatic carbocycles. The van der Waals surface area contributed by atoms with Crippen LogP contribution < -0.4 is 9.46 Å². The van der Waals surface area contributed by atoms with Crippen LogP contribution >= 0.6 is 0 Å². The summed E-state index contributed by atoms with van der Waals surface area (Å²) in [5.41, 5.74) is 1.01. The van der Waals surface area contributed by atoms with Crippen molar-refractivity contribution in [1.82, 2.24) is 10.1 Å². The van der Waals surface area contributed by atoms with Gasteiger partial charge in [0.15, 0.2) is 5.82 Å². The fourth-order valence-electron chi connectivity index (χ4n) is 2.84. The molecule has 1 fully saturated rings. The van der Waals surface area contributed by atoms with E-state index in [1.54, 1.807) is 24.3 Å². The highest BCUT2D eigenvalue weighted by atomic mass is 32.2. The minimum absolute atomic E-state index is 0.0531. The lowest BCUT2D eigenvalue weighted by molar-refractivity contribution is 0.379. The Morgan fingerprint density at radius 1 is 1.25 bits per heavy atom. The number of sulfonamides is 1. The van der Waals surface area contributed by atoms with E-state index in [4.69, 9.17) is 9.26 Å². The number of benzene rings is 2. The number of para-hydroxylation sites is 1. The Kier molecular flexibility index (Phi) is 4.76. The van der Waals surface area contributed by atoms with Crippen LogP contribution in [0.15, 0.2) is 51.9 Å². The summed E-state index contributed by atoms with van der Waals surface area (Å²) in [6, 6.07) is 10.2. The highest BCUT2D eigenvalue weighted by Crippen LogP contribution is 2.38. The fraction of sp³-hybridized carbons (Fsp3) is 0.263. The molecule has 3 aromatic rings. The van der Waals surface area contributed by atoms with Crippen LogP contribution in [0.2, 0.25) is 0 Å². The van der Waals surface area contributed by atoms with E-state index >= 15 is 0 Å². The summed E-state index contributed by atoms with van der Waals surface area (Å²) in [6.45, 7) is 0. The summed E-state index contributed by atoms with van der Waals surface area (Å²) < 4.78 is 52.1. The van der Waals surface area contributed by atoms with Crippen LogP contribution in [0, 0.1) is 5.82 Å². The second-order valence-corrected chi connectivity index (χ2v) is 8.21. The van der Waals surface area contributed by atoms with Crippen LogP contribution in [-0.4, -0.2) is 25.7 Å². The van der Waals surface area contributed by atoms with E-state index in [-0.39, 0.29) is 17.1 Å². The van der Waals surface area contributed by atoms with E-state index in [1.165, 1.54) is 13.2 Å². The average Bonchev–Trinajstić information content (AvgIpc) is 3.42. The van der Waals surface area contributed by atoms with Crippen molar-refractivity contribution < 1.29 is 22.1 Å². The Hall–Kier alpha value is -2.94. The fourth-order valence-corrected chi connectivity index (χ4v) is 4.13. The van der Waals surface area contributed by atoms with Gasteiger partial charge in [0.25, 0.3) is 10.0 Å². The molecule has 1 heterocycles. The largest absolute Gasteiger partial charge is 0.495 e. The first-order valence-corrected chi connectivity index (χ1v) is 10.2. The number of methoxy groups -OCH3 is 1. The Labute approximate surface area is 161 Å². The number of rotatable bonds is 7. The van der Waals surface area contributed by atoms with Gasteiger partial charge in [0, 0.05) is 5.92 Å². The van der Waals surface area contributed by atoms with Crippen molar-refractivity contribution in [2.75, 3.05) is 11.8 Å². The van der Waals surface area contributed by atoms with Gasteiger partial charge in [-0.1, -0.05) is 23.4 Å². The van der Waals surface area contributed by atoms with Crippen molar-refractivity contribution in [3.8, 4) is 5.75 Å². The summed E-state index contributed by atoms with van der Waals surface area (Å²) >= 11 is 0. The number of halogens is 1. The molecule has 0 spiro atoms. The molecule has 0 amide bonds. The van der Waals surface area contributed by atoms with Crippen LogP contribution in [0.25, 0.3) is 0 Å². The number of hydrogen-bond donors (Lipinski definition) is 1. The van der Waals surface area contributed by atoms with Crippen LogP contribution in [-0.2, 0) is 16.4 Å². The first-order valence-electron chi connectivity index (χ1n) is 8.73. The molecule has 146 valence electrons. The molecular formula is C19H18FN3O4S. The lowest BCUT2D eigenvalue weighted by Gasteiger charge is -2.14. The number of nitrogens with one attached hydrogen (secondary N) is 1. The highest BCUT2D eigenvalue weighted by molar-refractivity contribution is 7.92. The van der Waals surface area contributed by atoms with E-state index in [0.29, 0.717) is 28.9 Å². The van der Waals surface area contributed by atoms with Gasteiger partial charge >= 0.3 is 0 Å². The monoisotopic (exact) mass is 403 g/mol. The van der Waals surface area contributed by atoms with Crippen molar-refractivity contribution >= 4 is 15.7 Å². The molecule has 1 aliphatic carbocycles. The third-order valence-corrected chi connectivity index (χ3v) is 5.83. The summed E-state index contributed by atoms with van der Waals surface area (Å²) in [6.07, 6.45) is 2.40. The molecule has 9 heteroatoms. The molecule has 1 N–H and O–H groups in total. The molecule has 7 nitrogen and oxygen atoms in total. The smallest absolute Gasteiger partial charge is 0.265 e. The maximum atomic E-state index is 13.6. The van der Waals surface area contributed by atoms with Crippen molar-refractivity contribution in [3.05, 3.63) is 65.6 Å². The minimum atomic E-state index is -4.07. The van der Waals surface area contributed by atoms with Crippen LogP contribution in [0.3, 0.4) is 0 Å². The van der Waals surface area contributed by atoms with E-state index in [9.17, 15) is 12.8 Å². The zero-order chi connectivity index (χ0) is 19.7. The van der Waals surface area contributed by atoms with Crippen molar-refractivity contribution in [1.29, 1.82) is 0 Å². The zero-order valence-corrected chi connectivity index (χ0v) is 15.9. The van der Waals surface area contributed by atoms with Crippen LogP contribution in [0.5, 0.6) is 5.75 Å². The van der Waals surface area contributed by atoms with Gasteiger partial charge in [-0.25, -0.2) is 12.8 Å². The molecule has 0 bridgehead atoms. The van der Waals surface area contributed by atoms with E-state index in [2.05, 4.69) is 14.9 Å². The van der Waals surface area contributed by atoms with E-state index in [0.717, 1.165) is 25.0 Å². The van der Waals surface area contributed by atoms with Gasteiger partial charge in [0.1, 0.15) is 16.5 Å². The summed E-state index contributed by atoms with van der Waals surface area (Å²) in [5.74, 6) is 0.853. The molecule has 4 rings (SSSR count). The lowest BCUT2D eigenvalue weighted by atomic mass is 10.1. The molecule has 0 radical (unpaired) electrons. The third kappa shape index (κ3) is 3.84. The highest BCUT2D eigenvalue weighted by Gasteiger charge is 2.29. The normalized spacial score (nSPS) is 14.1. The van der Waals surface area contributed by atoms with Gasteiger partial charge in [0.05, 0.1) is 19.2 Å². The minimum Gasteiger partial charge on any atom is -0.495 e. The topological polar surface area (TPSA) is 94.3 Å². The molecule has 0 atom stereocenters. The summed E-state index contributed by atoms with van der Waals surface area (Å²) in [7, 11) is -2.75.